The molecule has 3 rings (SSSR count). The number of hydrogen-bond acceptors (Lipinski definition) is 4. The van der Waals surface area contributed by atoms with E-state index in [0.29, 0.717) is 5.76 Å². The Morgan fingerprint density at radius 3 is 2.74 bits per heavy atom. The molecular formula is C17H20FN3O2. The summed E-state index contributed by atoms with van der Waals surface area (Å²) in [6, 6.07) is 7.78. The third kappa shape index (κ3) is 3.12. The molecule has 1 aromatic carbocycles. The summed E-state index contributed by atoms with van der Waals surface area (Å²) in [5.74, 6) is 0.330. The molecule has 1 saturated heterocycles. The van der Waals surface area contributed by atoms with E-state index in [9.17, 15) is 9.18 Å². The zero-order valence-corrected chi connectivity index (χ0v) is 13.4. The van der Waals surface area contributed by atoms with Gasteiger partial charge >= 0.3 is 0 Å². The number of amides is 1. The van der Waals surface area contributed by atoms with Crippen LogP contribution in [0.4, 0.5) is 4.39 Å². The lowest BCUT2D eigenvalue weighted by molar-refractivity contribution is -0.131. The minimum absolute atomic E-state index is 0.0258. The van der Waals surface area contributed by atoms with Crippen molar-refractivity contribution in [1.82, 2.24) is 15.4 Å². The van der Waals surface area contributed by atoms with Gasteiger partial charge in [-0.3, -0.25) is 9.69 Å². The summed E-state index contributed by atoms with van der Waals surface area (Å²) >= 11 is 0. The third-order valence-corrected chi connectivity index (χ3v) is 4.33. The van der Waals surface area contributed by atoms with Gasteiger partial charge in [-0.1, -0.05) is 5.16 Å². The molecule has 0 spiro atoms. The van der Waals surface area contributed by atoms with Gasteiger partial charge in [0.2, 0.25) is 5.91 Å². The molecule has 23 heavy (non-hydrogen) atoms. The van der Waals surface area contributed by atoms with E-state index < -0.39 is 0 Å². The number of hydrogen-bond donors (Lipinski definition) is 1. The maximum atomic E-state index is 13.0. The van der Waals surface area contributed by atoms with Crippen molar-refractivity contribution in [2.75, 3.05) is 6.54 Å². The lowest BCUT2D eigenvalue weighted by Gasteiger charge is -2.39. The van der Waals surface area contributed by atoms with Gasteiger partial charge in [-0.05, 0) is 45.0 Å². The van der Waals surface area contributed by atoms with Crippen LogP contribution in [0.25, 0.3) is 11.3 Å². The highest BCUT2D eigenvalue weighted by atomic mass is 19.1. The third-order valence-electron chi connectivity index (χ3n) is 4.33. The molecule has 1 amide bonds. The molecule has 1 aromatic heterocycles. The smallest absolute Gasteiger partial charge is 0.237 e. The fourth-order valence-corrected chi connectivity index (χ4v) is 2.93. The van der Waals surface area contributed by atoms with Crippen molar-refractivity contribution < 1.29 is 13.7 Å². The van der Waals surface area contributed by atoms with E-state index in [4.69, 9.17) is 4.52 Å². The fraction of sp³-hybridized carbons (Fsp3) is 0.412. The summed E-state index contributed by atoms with van der Waals surface area (Å²) in [7, 11) is 0. The van der Waals surface area contributed by atoms with Gasteiger partial charge in [0.1, 0.15) is 11.5 Å². The SMILES string of the molecule is CC1CN(C(C)c2cc(-c3ccc(F)cc3)on2)C(C)C(=O)N1. The Hall–Kier alpha value is -2.21. The lowest BCUT2D eigenvalue weighted by atomic mass is 10.0. The quantitative estimate of drug-likeness (QED) is 0.946. The maximum Gasteiger partial charge on any atom is 0.237 e. The van der Waals surface area contributed by atoms with Crippen LogP contribution < -0.4 is 5.32 Å². The highest BCUT2D eigenvalue weighted by molar-refractivity contribution is 5.82. The number of halogens is 1. The molecule has 0 saturated carbocycles. The molecule has 0 aliphatic carbocycles. The van der Waals surface area contributed by atoms with Crippen LogP contribution in [0.15, 0.2) is 34.9 Å². The number of carbonyl (C=O) groups is 1. The first-order valence-electron chi connectivity index (χ1n) is 7.74. The first-order valence-corrected chi connectivity index (χ1v) is 7.74. The van der Waals surface area contributed by atoms with E-state index in [1.807, 2.05) is 26.8 Å². The number of nitrogens with zero attached hydrogens (tertiary/aromatic N) is 2. The first kappa shape index (κ1) is 15.7. The monoisotopic (exact) mass is 317 g/mol. The minimum atomic E-state index is -0.288. The van der Waals surface area contributed by atoms with E-state index >= 15 is 0 Å². The van der Waals surface area contributed by atoms with Crippen molar-refractivity contribution in [2.24, 2.45) is 0 Å². The van der Waals surface area contributed by atoms with Crippen LogP contribution in [0.2, 0.25) is 0 Å². The van der Waals surface area contributed by atoms with Crippen molar-refractivity contribution in [1.29, 1.82) is 0 Å². The molecule has 122 valence electrons. The lowest BCUT2D eigenvalue weighted by Crippen LogP contribution is -2.58. The first-order chi connectivity index (χ1) is 11.0. The summed E-state index contributed by atoms with van der Waals surface area (Å²) in [6.07, 6.45) is 0. The largest absolute Gasteiger partial charge is 0.356 e. The highest BCUT2D eigenvalue weighted by Crippen LogP contribution is 2.28. The summed E-state index contributed by atoms with van der Waals surface area (Å²) in [4.78, 5) is 14.1. The van der Waals surface area contributed by atoms with E-state index in [1.54, 1.807) is 12.1 Å². The zero-order chi connectivity index (χ0) is 16.6. The molecule has 2 aromatic rings. The Labute approximate surface area is 134 Å². The Kier molecular flexibility index (Phi) is 4.17. The molecule has 5 nitrogen and oxygen atoms in total. The number of benzene rings is 1. The molecule has 1 aliphatic heterocycles. The van der Waals surface area contributed by atoms with Gasteiger partial charge < -0.3 is 9.84 Å². The molecule has 0 radical (unpaired) electrons. The Morgan fingerprint density at radius 2 is 2.04 bits per heavy atom. The molecule has 2 heterocycles. The topological polar surface area (TPSA) is 58.4 Å². The van der Waals surface area contributed by atoms with Crippen LogP contribution in [0.5, 0.6) is 0 Å². The van der Waals surface area contributed by atoms with Gasteiger partial charge in [0.15, 0.2) is 5.76 Å². The number of nitrogens with one attached hydrogen (secondary N) is 1. The Bertz CT molecular complexity index is 698. The van der Waals surface area contributed by atoms with Crippen LogP contribution in [-0.2, 0) is 4.79 Å². The molecule has 1 N–H and O–H groups in total. The molecule has 1 aliphatic rings. The summed E-state index contributed by atoms with van der Waals surface area (Å²) in [5.41, 5.74) is 1.54. The highest BCUT2D eigenvalue weighted by Gasteiger charge is 2.34. The normalized spacial score (nSPS) is 23.6. The molecule has 0 bridgehead atoms. The van der Waals surface area contributed by atoms with Gasteiger partial charge in [-0.15, -0.1) is 0 Å². The van der Waals surface area contributed by atoms with Crippen LogP contribution in [0, 0.1) is 5.82 Å². The average Bonchev–Trinajstić information content (AvgIpc) is 3.01. The zero-order valence-electron chi connectivity index (χ0n) is 13.4. The molecular weight excluding hydrogens is 297 g/mol. The van der Waals surface area contributed by atoms with Crippen molar-refractivity contribution in [3.8, 4) is 11.3 Å². The summed E-state index contributed by atoms with van der Waals surface area (Å²) < 4.78 is 18.4. The van der Waals surface area contributed by atoms with E-state index in [0.717, 1.165) is 17.8 Å². The van der Waals surface area contributed by atoms with Gasteiger partial charge in [-0.25, -0.2) is 4.39 Å². The van der Waals surface area contributed by atoms with Crippen LogP contribution in [-0.4, -0.2) is 34.6 Å². The van der Waals surface area contributed by atoms with Gasteiger partial charge in [-0.2, -0.15) is 0 Å². The predicted molar refractivity (Wildman–Crippen MR) is 84.1 cm³/mol. The van der Waals surface area contributed by atoms with E-state index in [-0.39, 0.29) is 29.8 Å². The van der Waals surface area contributed by atoms with E-state index in [2.05, 4.69) is 15.4 Å². The predicted octanol–water partition coefficient (Wildman–Crippen LogP) is 2.75. The van der Waals surface area contributed by atoms with Gasteiger partial charge in [0, 0.05) is 24.2 Å². The molecule has 3 atom stereocenters. The van der Waals surface area contributed by atoms with Crippen LogP contribution in [0.1, 0.15) is 32.5 Å². The second-order valence-corrected chi connectivity index (χ2v) is 6.08. The number of rotatable bonds is 3. The van der Waals surface area contributed by atoms with Gasteiger partial charge in [0.05, 0.1) is 12.1 Å². The molecule has 6 heteroatoms. The van der Waals surface area contributed by atoms with Crippen LogP contribution >= 0.6 is 0 Å². The minimum Gasteiger partial charge on any atom is -0.356 e. The maximum absolute atomic E-state index is 13.0. The molecule has 1 fully saturated rings. The van der Waals surface area contributed by atoms with Gasteiger partial charge in [0.25, 0.3) is 0 Å². The van der Waals surface area contributed by atoms with E-state index in [1.165, 1.54) is 12.1 Å². The molecule has 3 unspecified atom stereocenters. The van der Waals surface area contributed by atoms with Crippen molar-refractivity contribution >= 4 is 5.91 Å². The fourth-order valence-electron chi connectivity index (χ4n) is 2.93. The van der Waals surface area contributed by atoms with Crippen LogP contribution in [0.3, 0.4) is 0 Å². The number of aromatic nitrogens is 1. The summed E-state index contributed by atoms with van der Waals surface area (Å²) in [6.45, 7) is 6.63. The second-order valence-electron chi connectivity index (χ2n) is 6.08. The van der Waals surface area contributed by atoms with Crippen molar-refractivity contribution in [2.45, 2.75) is 38.9 Å². The summed E-state index contributed by atoms with van der Waals surface area (Å²) in [5, 5.41) is 7.07. The number of carbonyl (C=O) groups excluding carboxylic acids is 1. The Balaban J connectivity index is 1.81. The van der Waals surface area contributed by atoms with Crippen molar-refractivity contribution in [3.05, 3.63) is 41.8 Å². The Morgan fingerprint density at radius 1 is 1.35 bits per heavy atom. The number of piperazine rings is 1. The van der Waals surface area contributed by atoms with Crippen molar-refractivity contribution in [3.63, 3.8) is 0 Å². The second kappa shape index (κ2) is 6.12. The average molecular weight is 317 g/mol. The standard InChI is InChI=1S/C17H20FN3O2/c1-10-9-21(12(3)17(22)19-10)11(2)15-8-16(23-20-15)13-4-6-14(18)7-5-13/h4-8,10-12H,9H2,1-3H3,(H,19,22).